The van der Waals surface area contributed by atoms with Crippen molar-refractivity contribution in [1.29, 1.82) is 0 Å². The van der Waals surface area contributed by atoms with Crippen LogP contribution in [0.4, 0.5) is 5.82 Å². The van der Waals surface area contributed by atoms with Gasteiger partial charge < -0.3 is 10.2 Å². The Morgan fingerprint density at radius 1 is 1.12 bits per heavy atom. The Bertz CT molecular complexity index is 1030. The van der Waals surface area contributed by atoms with Crippen molar-refractivity contribution in [3.8, 4) is 0 Å². The number of rotatable bonds is 3. The Hall–Kier alpha value is -2.74. The minimum atomic E-state index is -0.440. The van der Waals surface area contributed by atoms with Gasteiger partial charge in [0.25, 0.3) is 5.91 Å². The topological polar surface area (TPSA) is 81.7 Å². The summed E-state index contributed by atoms with van der Waals surface area (Å²) in [6.45, 7) is 6.04. The molecule has 1 aliphatic carbocycles. The molecular formula is C25H34N6O2. The van der Waals surface area contributed by atoms with Crippen molar-refractivity contribution in [2.24, 2.45) is 11.8 Å². The van der Waals surface area contributed by atoms with Gasteiger partial charge in [0.15, 0.2) is 0 Å². The molecule has 2 aromatic rings. The summed E-state index contributed by atoms with van der Waals surface area (Å²) in [5.41, 5.74) is 0.870. The lowest BCUT2D eigenvalue weighted by Crippen LogP contribution is -2.62. The molecule has 1 aromatic heterocycles. The zero-order valence-electron chi connectivity index (χ0n) is 19.7. The predicted octanol–water partition coefficient (Wildman–Crippen LogP) is 3.40. The van der Waals surface area contributed by atoms with Gasteiger partial charge in [-0.1, -0.05) is 45.2 Å². The van der Waals surface area contributed by atoms with Crippen molar-refractivity contribution in [3.63, 3.8) is 0 Å². The van der Waals surface area contributed by atoms with Crippen LogP contribution in [0.3, 0.4) is 0 Å². The van der Waals surface area contributed by atoms with Crippen LogP contribution in [0.2, 0.25) is 0 Å². The van der Waals surface area contributed by atoms with Crippen molar-refractivity contribution in [2.45, 2.75) is 65.0 Å². The Kier molecular flexibility index (Phi) is 6.19. The Morgan fingerprint density at radius 2 is 1.91 bits per heavy atom. The molecule has 5 rings (SSSR count). The number of hydrogen-bond donors (Lipinski definition) is 1. The van der Waals surface area contributed by atoms with Crippen molar-refractivity contribution < 1.29 is 9.59 Å². The van der Waals surface area contributed by atoms with Crippen molar-refractivity contribution in [1.82, 2.24) is 24.9 Å². The zero-order valence-corrected chi connectivity index (χ0v) is 19.7. The predicted molar refractivity (Wildman–Crippen MR) is 127 cm³/mol. The number of nitrogens with zero attached hydrogens (tertiary/aromatic N) is 5. The van der Waals surface area contributed by atoms with Crippen LogP contribution in [-0.2, 0) is 16.1 Å². The first-order valence-electron chi connectivity index (χ1n) is 12.4. The van der Waals surface area contributed by atoms with Gasteiger partial charge in [0.2, 0.25) is 5.91 Å². The van der Waals surface area contributed by atoms with E-state index in [0.29, 0.717) is 50.3 Å². The number of hydrazine groups is 1. The molecule has 1 atom stereocenters. The molecule has 1 N–H and O–H groups in total. The number of hydrogen-bond acceptors (Lipinski definition) is 6. The Balaban J connectivity index is 1.41. The van der Waals surface area contributed by atoms with Crippen LogP contribution in [-0.4, -0.2) is 62.5 Å². The van der Waals surface area contributed by atoms with Crippen LogP contribution in [0.25, 0.3) is 10.9 Å². The van der Waals surface area contributed by atoms with Crippen molar-refractivity contribution in [3.05, 3.63) is 30.1 Å². The fourth-order valence-electron chi connectivity index (χ4n) is 5.31. The molecule has 1 unspecified atom stereocenters. The highest BCUT2D eigenvalue weighted by molar-refractivity contribution is 5.92. The second-order valence-corrected chi connectivity index (χ2v) is 10.0. The highest BCUT2D eigenvalue weighted by atomic mass is 16.2. The molecule has 33 heavy (non-hydrogen) atoms. The highest BCUT2D eigenvalue weighted by Gasteiger charge is 2.38. The normalized spacial score (nSPS) is 22.5. The van der Waals surface area contributed by atoms with Gasteiger partial charge >= 0.3 is 0 Å². The average molecular weight is 451 g/mol. The molecule has 8 nitrogen and oxygen atoms in total. The molecule has 0 radical (unpaired) electrons. The number of carbonyl (C=O) groups is 2. The number of para-hydroxylation sites is 1. The van der Waals surface area contributed by atoms with Crippen molar-refractivity contribution in [2.75, 3.05) is 25.1 Å². The molecule has 2 aliphatic heterocycles. The number of anilines is 1. The molecule has 0 spiro atoms. The van der Waals surface area contributed by atoms with Crippen molar-refractivity contribution >= 4 is 28.5 Å². The van der Waals surface area contributed by atoms with E-state index in [9.17, 15) is 9.59 Å². The standard InChI is InChI=1S/C25H34N6O2/c1-17(2)23-25(33)31-16-29(22(32)14-18-8-4-3-5-9-18)12-13-30(31)15-21-26-20-11-7-6-10-19(20)24(27-21)28-23/h6-7,10-11,17-18,23H,3-5,8-9,12-16H2,1-2H3,(H,26,27,28). The van der Waals surface area contributed by atoms with Crippen LogP contribution in [0, 0.1) is 11.8 Å². The first-order chi connectivity index (χ1) is 16.0. The maximum Gasteiger partial charge on any atom is 0.261 e. The second-order valence-electron chi connectivity index (χ2n) is 10.0. The van der Waals surface area contributed by atoms with Crippen LogP contribution in [0.15, 0.2) is 24.3 Å². The van der Waals surface area contributed by atoms with Crippen LogP contribution in [0.5, 0.6) is 0 Å². The third-order valence-corrected chi connectivity index (χ3v) is 7.27. The van der Waals surface area contributed by atoms with Gasteiger partial charge in [-0.05, 0) is 36.8 Å². The summed E-state index contributed by atoms with van der Waals surface area (Å²) >= 11 is 0. The molecule has 8 heteroatoms. The zero-order chi connectivity index (χ0) is 22.9. The van der Waals surface area contributed by atoms with Crippen LogP contribution < -0.4 is 5.32 Å². The summed E-state index contributed by atoms with van der Waals surface area (Å²) in [5, 5.41) is 8.11. The molecule has 2 amide bonds. The minimum absolute atomic E-state index is 0.0199. The largest absolute Gasteiger partial charge is 0.358 e. The lowest BCUT2D eigenvalue weighted by molar-refractivity contribution is -0.172. The molecule has 1 saturated carbocycles. The third-order valence-electron chi connectivity index (χ3n) is 7.27. The number of fused-ring (bicyclic) bond motifs is 5. The molecule has 3 heterocycles. The van der Waals surface area contributed by atoms with E-state index in [1.54, 1.807) is 5.01 Å². The van der Waals surface area contributed by atoms with E-state index in [-0.39, 0.29) is 17.7 Å². The maximum absolute atomic E-state index is 13.8. The maximum atomic E-state index is 13.8. The highest BCUT2D eigenvalue weighted by Crippen LogP contribution is 2.29. The lowest BCUT2D eigenvalue weighted by atomic mass is 9.86. The summed E-state index contributed by atoms with van der Waals surface area (Å²) in [5.74, 6) is 2.08. The Labute approximate surface area is 195 Å². The number of carbonyl (C=O) groups excluding carboxylic acids is 2. The third kappa shape index (κ3) is 4.53. The number of benzene rings is 1. The van der Waals surface area contributed by atoms with Gasteiger partial charge in [-0.25, -0.2) is 15.0 Å². The summed E-state index contributed by atoms with van der Waals surface area (Å²) in [6, 6.07) is 7.46. The van der Waals surface area contributed by atoms with E-state index in [2.05, 4.69) is 5.32 Å². The molecule has 2 fully saturated rings. The molecular weight excluding hydrogens is 416 g/mol. The molecule has 176 valence electrons. The van der Waals surface area contributed by atoms with Gasteiger partial charge in [0.05, 0.1) is 12.1 Å². The van der Waals surface area contributed by atoms with Gasteiger partial charge in [-0.15, -0.1) is 0 Å². The van der Waals surface area contributed by atoms with E-state index in [0.717, 1.165) is 23.7 Å². The average Bonchev–Trinajstić information content (AvgIpc) is 2.86. The van der Waals surface area contributed by atoms with E-state index in [1.165, 1.54) is 19.3 Å². The van der Waals surface area contributed by atoms with Crippen LogP contribution >= 0.6 is 0 Å². The Morgan fingerprint density at radius 3 is 2.70 bits per heavy atom. The molecule has 1 saturated heterocycles. The number of aromatic nitrogens is 2. The SMILES string of the molecule is CC(C)C1Nc2nc(nc3ccccc23)CN2CCN(C(=O)CC3CCCCC3)CN2C1=O. The fraction of sp³-hybridized carbons (Fsp3) is 0.600. The molecule has 2 bridgehead atoms. The van der Waals surface area contributed by atoms with Gasteiger partial charge in [-0.3, -0.25) is 14.6 Å². The van der Waals surface area contributed by atoms with E-state index < -0.39 is 6.04 Å². The number of amides is 2. The van der Waals surface area contributed by atoms with E-state index in [1.807, 2.05) is 48.0 Å². The first-order valence-corrected chi connectivity index (χ1v) is 12.4. The smallest absolute Gasteiger partial charge is 0.261 e. The van der Waals surface area contributed by atoms with E-state index >= 15 is 0 Å². The summed E-state index contributed by atoms with van der Waals surface area (Å²) in [6.07, 6.45) is 6.63. The minimum Gasteiger partial charge on any atom is -0.358 e. The first kappa shape index (κ1) is 22.1. The summed E-state index contributed by atoms with van der Waals surface area (Å²) < 4.78 is 0. The van der Waals surface area contributed by atoms with Gasteiger partial charge in [-0.2, -0.15) is 0 Å². The monoisotopic (exact) mass is 450 g/mol. The molecule has 3 aliphatic rings. The lowest BCUT2D eigenvalue weighted by Gasteiger charge is -2.44. The fourth-order valence-corrected chi connectivity index (χ4v) is 5.31. The second kappa shape index (κ2) is 9.25. The van der Waals surface area contributed by atoms with Crippen LogP contribution in [0.1, 0.15) is 58.2 Å². The quantitative estimate of drug-likeness (QED) is 0.772. The number of nitrogens with one attached hydrogen (secondary N) is 1. The summed E-state index contributed by atoms with van der Waals surface area (Å²) in [4.78, 5) is 38.3. The molecule has 1 aromatic carbocycles. The summed E-state index contributed by atoms with van der Waals surface area (Å²) in [7, 11) is 0. The van der Waals surface area contributed by atoms with Gasteiger partial charge in [0, 0.05) is 24.9 Å². The van der Waals surface area contributed by atoms with E-state index in [4.69, 9.17) is 9.97 Å². The van der Waals surface area contributed by atoms with Gasteiger partial charge in [0.1, 0.15) is 24.4 Å².